The van der Waals surface area contributed by atoms with Crippen molar-refractivity contribution in [2.75, 3.05) is 0 Å². The lowest BCUT2D eigenvalue weighted by Crippen LogP contribution is -1.95. The molecule has 10 rings (SSSR count). The smallest absolute Gasteiger partial charge is 0.0627 e. The number of rotatable bonds is 5. The highest BCUT2D eigenvalue weighted by molar-refractivity contribution is 6.38. The van der Waals surface area contributed by atoms with Crippen LogP contribution in [0.2, 0.25) is 0 Å². The summed E-state index contributed by atoms with van der Waals surface area (Å²) in [6.45, 7) is 6.35. The fourth-order valence-corrected chi connectivity index (χ4v) is 8.24. The molecule has 0 aliphatic heterocycles. The van der Waals surface area contributed by atoms with Gasteiger partial charge in [0.25, 0.3) is 0 Å². The second-order valence-electron chi connectivity index (χ2n) is 13.4. The Labute approximate surface area is 295 Å². The predicted molar refractivity (Wildman–Crippen MR) is 221 cm³/mol. The Kier molecular flexibility index (Phi) is 6.59. The molecule has 0 fully saturated rings. The highest BCUT2D eigenvalue weighted by Crippen LogP contribution is 2.47. The number of para-hydroxylation sites is 2. The lowest BCUT2D eigenvalue weighted by molar-refractivity contribution is 1.19. The number of H-pyrrole nitrogens is 1. The molecule has 0 amide bonds. The number of hydrogen-bond acceptors (Lipinski definition) is 0. The third-order valence-electron chi connectivity index (χ3n) is 10.5. The van der Waals surface area contributed by atoms with Gasteiger partial charge in [0, 0.05) is 48.9 Å². The molecule has 0 unspecified atom stereocenters. The van der Waals surface area contributed by atoms with E-state index < -0.39 is 0 Å². The fraction of sp³-hybridized carbons (Fsp3) is 0.0204. The molecule has 2 heteroatoms. The molecule has 0 radical (unpaired) electrons. The van der Waals surface area contributed by atoms with Crippen LogP contribution in [0.3, 0.4) is 0 Å². The van der Waals surface area contributed by atoms with E-state index in [-0.39, 0.29) is 0 Å². The van der Waals surface area contributed by atoms with Crippen molar-refractivity contribution in [3.05, 3.63) is 182 Å². The van der Waals surface area contributed by atoms with Gasteiger partial charge < -0.3 is 9.55 Å². The van der Waals surface area contributed by atoms with Gasteiger partial charge in [-0.15, -0.1) is 0 Å². The first kappa shape index (κ1) is 29.3. The summed E-state index contributed by atoms with van der Waals surface area (Å²) >= 11 is 0. The molecule has 0 atom stereocenters. The lowest BCUT2D eigenvalue weighted by atomic mass is 9.92. The Bertz CT molecular complexity index is 3090. The van der Waals surface area contributed by atoms with Gasteiger partial charge in [-0.1, -0.05) is 146 Å². The molecule has 0 saturated carbocycles. The minimum Gasteiger partial charge on any atom is -0.354 e. The third kappa shape index (κ3) is 4.43. The van der Waals surface area contributed by atoms with E-state index >= 15 is 0 Å². The molecule has 240 valence electrons. The molecule has 0 spiro atoms. The van der Waals surface area contributed by atoms with Crippen molar-refractivity contribution in [3.8, 4) is 16.8 Å². The molecule has 0 bridgehead atoms. The van der Waals surface area contributed by atoms with E-state index in [0.717, 1.165) is 22.3 Å². The van der Waals surface area contributed by atoms with E-state index in [9.17, 15) is 0 Å². The molecule has 10 aromatic rings. The summed E-state index contributed by atoms with van der Waals surface area (Å²) in [5.41, 5.74) is 10.5. The summed E-state index contributed by atoms with van der Waals surface area (Å²) in [6.07, 6.45) is 8.17. The number of aromatic amines is 1. The summed E-state index contributed by atoms with van der Waals surface area (Å²) in [5, 5.41) is 12.4. The normalized spacial score (nSPS) is 12.3. The molecular formula is C49H34N2. The monoisotopic (exact) mass is 650 g/mol. The maximum atomic E-state index is 4.33. The van der Waals surface area contributed by atoms with Crippen LogP contribution in [0, 0.1) is 0 Å². The number of benzene rings is 8. The molecule has 2 heterocycles. The summed E-state index contributed by atoms with van der Waals surface area (Å²) in [4.78, 5) is 3.89. The Morgan fingerprint density at radius 3 is 2.22 bits per heavy atom. The molecule has 0 aliphatic rings. The molecule has 0 saturated heterocycles. The average Bonchev–Trinajstić information content (AvgIpc) is 3.75. The average molecular weight is 651 g/mol. The molecule has 8 aromatic carbocycles. The van der Waals surface area contributed by atoms with Crippen LogP contribution in [-0.4, -0.2) is 9.55 Å². The van der Waals surface area contributed by atoms with E-state index in [1.54, 1.807) is 0 Å². The van der Waals surface area contributed by atoms with Gasteiger partial charge in [0.15, 0.2) is 0 Å². The molecule has 2 aromatic heterocycles. The molecule has 1 N–H and O–H groups in total. The first-order chi connectivity index (χ1) is 25.2. The van der Waals surface area contributed by atoms with Gasteiger partial charge in [-0.2, -0.15) is 0 Å². The third-order valence-corrected chi connectivity index (χ3v) is 10.5. The second-order valence-corrected chi connectivity index (χ2v) is 13.4. The van der Waals surface area contributed by atoms with Crippen molar-refractivity contribution in [1.29, 1.82) is 0 Å². The molecule has 2 nitrogen and oxygen atoms in total. The number of nitrogens with one attached hydrogen (secondary N) is 1. The Hall–Kier alpha value is -6.64. The predicted octanol–water partition coefficient (Wildman–Crippen LogP) is 13.7. The quantitative estimate of drug-likeness (QED) is 0.179. The van der Waals surface area contributed by atoms with Crippen molar-refractivity contribution in [3.63, 3.8) is 0 Å². The molecule has 51 heavy (non-hydrogen) atoms. The SMILES string of the molecule is C=C(/C=C\C=C/C)c1ccc2c(-c3ccc4c(c3)c3[nH]c5ccccc5c3c3c5ccc6ccccc6c5n(-c5ccccc5)c43)cccc2c1. The number of fused-ring (bicyclic) bond motifs is 13. The lowest BCUT2D eigenvalue weighted by Gasteiger charge is -2.14. The van der Waals surface area contributed by atoms with Gasteiger partial charge in [-0.05, 0) is 75.7 Å². The van der Waals surface area contributed by atoms with Gasteiger partial charge >= 0.3 is 0 Å². The summed E-state index contributed by atoms with van der Waals surface area (Å²) < 4.78 is 2.51. The second kappa shape index (κ2) is 11.5. The van der Waals surface area contributed by atoms with Crippen LogP contribution in [0.1, 0.15) is 12.5 Å². The largest absolute Gasteiger partial charge is 0.354 e. The number of allylic oxidation sites excluding steroid dienone is 5. The van der Waals surface area contributed by atoms with E-state index in [0.29, 0.717) is 0 Å². The van der Waals surface area contributed by atoms with Crippen molar-refractivity contribution >= 4 is 81.5 Å². The van der Waals surface area contributed by atoms with E-state index in [4.69, 9.17) is 0 Å². The zero-order valence-electron chi connectivity index (χ0n) is 28.3. The first-order valence-electron chi connectivity index (χ1n) is 17.6. The fourth-order valence-electron chi connectivity index (χ4n) is 8.24. The van der Waals surface area contributed by atoms with Gasteiger partial charge in [0.1, 0.15) is 0 Å². The van der Waals surface area contributed by atoms with Gasteiger partial charge in [-0.3, -0.25) is 0 Å². The van der Waals surface area contributed by atoms with Gasteiger partial charge in [0.05, 0.1) is 16.6 Å². The number of hydrogen-bond donors (Lipinski definition) is 1. The van der Waals surface area contributed by atoms with Gasteiger partial charge in [0.2, 0.25) is 0 Å². The molecular weight excluding hydrogens is 617 g/mol. The van der Waals surface area contributed by atoms with Crippen LogP contribution in [0.4, 0.5) is 0 Å². The summed E-state index contributed by atoms with van der Waals surface area (Å²) in [7, 11) is 0. The summed E-state index contributed by atoms with van der Waals surface area (Å²) in [5.74, 6) is 0. The minimum absolute atomic E-state index is 0.998. The standard InChI is InChI=1S/C49H34N2/c1-3-4-6-14-31(2)33-24-26-38-34(29-33)16-13-21-37(38)35-25-27-40-43(30-35)47-45(41-20-11-12-22-44(41)50-47)46-42-28-23-32-15-9-10-19-39(32)48(42)51(49(40)46)36-17-7-5-8-18-36/h3-30,50H,2H2,1H3/b4-3-,14-6-. The van der Waals surface area contributed by atoms with E-state index in [2.05, 4.69) is 168 Å². The van der Waals surface area contributed by atoms with Crippen LogP contribution >= 0.6 is 0 Å². The maximum Gasteiger partial charge on any atom is 0.0627 e. The Morgan fingerprint density at radius 2 is 1.33 bits per heavy atom. The Morgan fingerprint density at radius 1 is 0.569 bits per heavy atom. The van der Waals surface area contributed by atoms with Crippen LogP contribution < -0.4 is 0 Å². The first-order valence-corrected chi connectivity index (χ1v) is 17.6. The van der Waals surface area contributed by atoms with Crippen LogP contribution in [0.5, 0.6) is 0 Å². The zero-order chi connectivity index (χ0) is 34.1. The topological polar surface area (TPSA) is 20.7 Å². The van der Waals surface area contributed by atoms with E-state index in [1.807, 2.05) is 25.2 Å². The summed E-state index contributed by atoms with van der Waals surface area (Å²) in [6, 6.07) is 53.3. The number of nitrogens with zero attached hydrogens (tertiary/aromatic N) is 1. The maximum absolute atomic E-state index is 4.33. The van der Waals surface area contributed by atoms with Crippen molar-refractivity contribution < 1.29 is 0 Å². The molecule has 0 aliphatic carbocycles. The van der Waals surface area contributed by atoms with E-state index in [1.165, 1.54) is 81.5 Å². The minimum atomic E-state index is 0.998. The van der Waals surface area contributed by atoms with Crippen molar-refractivity contribution in [2.45, 2.75) is 6.92 Å². The number of aromatic nitrogens is 2. The van der Waals surface area contributed by atoms with Crippen molar-refractivity contribution in [1.82, 2.24) is 9.55 Å². The van der Waals surface area contributed by atoms with Crippen molar-refractivity contribution in [2.24, 2.45) is 0 Å². The van der Waals surface area contributed by atoms with Gasteiger partial charge in [-0.25, -0.2) is 0 Å². The van der Waals surface area contributed by atoms with Crippen LogP contribution in [0.25, 0.3) is 98.3 Å². The highest BCUT2D eigenvalue weighted by Gasteiger charge is 2.23. The zero-order valence-corrected chi connectivity index (χ0v) is 28.3. The van der Waals surface area contributed by atoms with Crippen LogP contribution in [0.15, 0.2) is 176 Å². The van der Waals surface area contributed by atoms with Crippen LogP contribution in [-0.2, 0) is 0 Å². The highest BCUT2D eigenvalue weighted by atomic mass is 15.0. The Balaban J connectivity index is 1.32.